The molecule has 3 aromatic rings. The minimum atomic E-state index is -0.669. The fourth-order valence-corrected chi connectivity index (χ4v) is 3.91. The Kier molecular flexibility index (Phi) is 5.70. The fourth-order valence-electron chi connectivity index (χ4n) is 3.91. The number of rotatable bonds is 5. The molecule has 0 spiro atoms. The number of carbonyl (C=O) groups is 2. The number of fused-ring (bicyclic) bond motifs is 3. The van der Waals surface area contributed by atoms with Gasteiger partial charge in [-0.25, -0.2) is 4.79 Å². The Bertz CT molecular complexity index is 1050. The van der Waals surface area contributed by atoms with Crippen molar-refractivity contribution in [2.45, 2.75) is 39.5 Å². The first kappa shape index (κ1) is 19.9. The maximum Gasteiger partial charge on any atom is 0.408 e. The smallest absolute Gasteiger partial charge is 0.408 e. The topological polar surface area (TPSA) is 87.3 Å². The molecule has 7 heteroatoms. The zero-order valence-electron chi connectivity index (χ0n) is 17.2. The van der Waals surface area contributed by atoms with Gasteiger partial charge in [-0.05, 0) is 28.7 Å². The van der Waals surface area contributed by atoms with E-state index in [4.69, 9.17) is 4.74 Å². The number of aromatic amines is 1. The van der Waals surface area contributed by atoms with Gasteiger partial charge in [0.15, 0.2) is 0 Å². The lowest BCUT2D eigenvalue weighted by molar-refractivity contribution is -0.134. The van der Waals surface area contributed by atoms with E-state index in [2.05, 4.69) is 29.4 Å². The molecule has 1 aromatic heterocycles. The number of hydrogen-bond acceptors (Lipinski definition) is 4. The molecule has 0 aliphatic carbocycles. The van der Waals surface area contributed by atoms with Crippen molar-refractivity contribution in [1.82, 2.24) is 20.4 Å². The van der Waals surface area contributed by atoms with E-state index >= 15 is 0 Å². The zero-order valence-corrected chi connectivity index (χ0v) is 17.2. The molecule has 0 saturated heterocycles. The van der Waals surface area contributed by atoms with Crippen LogP contribution in [0.2, 0.25) is 0 Å². The lowest BCUT2D eigenvalue weighted by Crippen LogP contribution is -2.49. The molecule has 0 radical (unpaired) electrons. The van der Waals surface area contributed by atoms with Crippen LogP contribution in [-0.2, 0) is 29.1 Å². The largest absolute Gasteiger partial charge is 0.445 e. The number of nitrogens with one attached hydrogen (secondary N) is 2. The molecule has 156 valence electrons. The molecule has 0 bridgehead atoms. The number of amides is 2. The average molecular weight is 406 g/mol. The van der Waals surface area contributed by atoms with Crippen molar-refractivity contribution < 1.29 is 14.3 Å². The van der Waals surface area contributed by atoms with Gasteiger partial charge >= 0.3 is 6.09 Å². The third-order valence-corrected chi connectivity index (χ3v) is 5.31. The van der Waals surface area contributed by atoms with E-state index in [1.54, 1.807) is 6.20 Å². The first-order valence-electron chi connectivity index (χ1n) is 10.2. The normalized spacial score (nSPS) is 16.4. The number of nitrogens with zero attached hydrogens (tertiary/aromatic N) is 2. The summed E-state index contributed by atoms with van der Waals surface area (Å²) in [6.07, 6.45) is 1.63. The van der Waals surface area contributed by atoms with Crippen LogP contribution in [0.3, 0.4) is 0 Å². The molecular formula is C23H26N4O3. The summed E-state index contributed by atoms with van der Waals surface area (Å²) in [5.74, 6) is 0.220. The summed E-state index contributed by atoms with van der Waals surface area (Å²) in [5.41, 5.74) is 3.96. The van der Waals surface area contributed by atoms with Crippen LogP contribution in [0.15, 0.2) is 48.7 Å². The van der Waals surface area contributed by atoms with E-state index in [1.165, 1.54) is 0 Å². The Balaban J connectivity index is 1.55. The van der Waals surface area contributed by atoms with E-state index < -0.39 is 12.1 Å². The summed E-state index contributed by atoms with van der Waals surface area (Å²) < 4.78 is 5.35. The molecule has 1 aliphatic heterocycles. The predicted octanol–water partition coefficient (Wildman–Crippen LogP) is 3.40. The van der Waals surface area contributed by atoms with Crippen molar-refractivity contribution >= 4 is 22.9 Å². The van der Waals surface area contributed by atoms with Crippen LogP contribution in [-0.4, -0.2) is 39.7 Å². The third kappa shape index (κ3) is 4.30. The van der Waals surface area contributed by atoms with Gasteiger partial charge in [0, 0.05) is 24.9 Å². The third-order valence-electron chi connectivity index (χ3n) is 5.31. The zero-order chi connectivity index (χ0) is 21.1. The summed E-state index contributed by atoms with van der Waals surface area (Å²) >= 11 is 0. The van der Waals surface area contributed by atoms with Gasteiger partial charge in [0.1, 0.15) is 12.6 Å². The highest BCUT2D eigenvalue weighted by Gasteiger charge is 2.32. The SMILES string of the molecule is CC(C)CN1Cc2c(ccc3[nH]ncc23)CC(NC(=O)OCc2ccccc2)C1=O. The molecular weight excluding hydrogens is 380 g/mol. The lowest BCUT2D eigenvalue weighted by atomic mass is 9.99. The van der Waals surface area contributed by atoms with Crippen molar-refractivity contribution in [3.63, 3.8) is 0 Å². The molecule has 1 aliphatic rings. The van der Waals surface area contributed by atoms with Crippen molar-refractivity contribution in [2.24, 2.45) is 5.92 Å². The number of hydrogen-bond donors (Lipinski definition) is 2. The van der Waals surface area contributed by atoms with Crippen molar-refractivity contribution in [3.05, 3.63) is 65.4 Å². The van der Waals surface area contributed by atoms with Crippen LogP contribution < -0.4 is 5.32 Å². The summed E-state index contributed by atoms with van der Waals surface area (Å²) in [7, 11) is 0. The van der Waals surface area contributed by atoms with Crippen LogP contribution >= 0.6 is 0 Å². The Morgan fingerprint density at radius 3 is 2.83 bits per heavy atom. The molecule has 2 amide bonds. The van der Waals surface area contributed by atoms with E-state index in [0.29, 0.717) is 25.4 Å². The summed E-state index contributed by atoms with van der Waals surface area (Å²) in [6.45, 7) is 5.43. The van der Waals surface area contributed by atoms with Gasteiger partial charge in [-0.3, -0.25) is 9.89 Å². The molecule has 0 fully saturated rings. The molecule has 1 atom stereocenters. The van der Waals surface area contributed by atoms with Gasteiger partial charge < -0.3 is 15.0 Å². The fraction of sp³-hybridized carbons (Fsp3) is 0.348. The summed E-state index contributed by atoms with van der Waals surface area (Å²) in [6, 6.07) is 12.8. The highest BCUT2D eigenvalue weighted by molar-refractivity contribution is 5.89. The summed E-state index contributed by atoms with van der Waals surface area (Å²) in [5, 5.41) is 10.9. The van der Waals surface area contributed by atoms with E-state index in [9.17, 15) is 9.59 Å². The second-order valence-corrected chi connectivity index (χ2v) is 8.11. The van der Waals surface area contributed by atoms with Gasteiger partial charge in [0.2, 0.25) is 5.91 Å². The molecule has 2 heterocycles. The Hall–Kier alpha value is -3.35. The van der Waals surface area contributed by atoms with Crippen LogP contribution in [0.1, 0.15) is 30.5 Å². The Morgan fingerprint density at radius 1 is 1.27 bits per heavy atom. The molecule has 0 saturated carbocycles. The quantitative estimate of drug-likeness (QED) is 0.680. The first-order valence-corrected chi connectivity index (χ1v) is 10.2. The number of carbonyl (C=O) groups excluding carboxylic acids is 2. The number of alkyl carbamates (subject to hydrolysis) is 1. The van der Waals surface area contributed by atoms with E-state index in [-0.39, 0.29) is 12.5 Å². The van der Waals surface area contributed by atoms with Crippen LogP contribution in [0.25, 0.3) is 10.9 Å². The minimum absolute atomic E-state index is 0.0896. The maximum atomic E-state index is 13.3. The molecule has 7 nitrogen and oxygen atoms in total. The van der Waals surface area contributed by atoms with Crippen molar-refractivity contribution in [1.29, 1.82) is 0 Å². The second kappa shape index (κ2) is 8.57. The van der Waals surface area contributed by atoms with Gasteiger partial charge in [-0.2, -0.15) is 5.10 Å². The Labute approximate surface area is 175 Å². The molecule has 2 N–H and O–H groups in total. The molecule has 1 unspecified atom stereocenters. The van der Waals surface area contributed by atoms with E-state index in [0.717, 1.165) is 27.6 Å². The highest BCUT2D eigenvalue weighted by atomic mass is 16.5. The lowest BCUT2D eigenvalue weighted by Gasteiger charge is -2.26. The summed E-state index contributed by atoms with van der Waals surface area (Å²) in [4.78, 5) is 27.5. The second-order valence-electron chi connectivity index (χ2n) is 8.11. The molecule has 2 aromatic carbocycles. The molecule has 30 heavy (non-hydrogen) atoms. The predicted molar refractivity (Wildman–Crippen MR) is 114 cm³/mol. The monoisotopic (exact) mass is 406 g/mol. The maximum absolute atomic E-state index is 13.3. The van der Waals surface area contributed by atoms with Crippen LogP contribution in [0.5, 0.6) is 0 Å². The average Bonchev–Trinajstić information content (AvgIpc) is 3.17. The van der Waals surface area contributed by atoms with Crippen LogP contribution in [0, 0.1) is 5.92 Å². The van der Waals surface area contributed by atoms with Crippen molar-refractivity contribution in [3.8, 4) is 0 Å². The van der Waals surface area contributed by atoms with Crippen LogP contribution in [0.4, 0.5) is 4.79 Å². The number of aromatic nitrogens is 2. The number of ether oxygens (including phenoxy) is 1. The Morgan fingerprint density at radius 2 is 2.07 bits per heavy atom. The van der Waals surface area contributed by atoms with Gasteiger partial charge in [-0.1, -0.05) is 50.2 Å². The van der Waals surface area contributed by atoms with E-state index in [1.807, 2.05) is 47.4 Å². The number of benzene rings is 2. The minimum Gasteiger partial charge on any atom is -0.445 e. The first-order chi connectivity index (χ1) is 14.5. The van der Waals surface area contributed by atoms with Crippen molar-refractivity contribution in [2.75, 3.05) is 6.54 Å². The highest BCUT2D eigenvalue weighted by Crippen LogP contribution is 2.27. The van der Waals surface area contributed by atoms with Gasteiger partial charge in [0.25, 0.3) is 0 Å². The van der Waals surface area contributed by atoms with Gasteiger partial charge in [-0.15, -0.1) is 0 Å². The number of H-pyrrole nitrogens is 1. The molecule has 4 rings (SSSR count). The standard InChI is InChI=1S/C23H26N4O3/c1-15(2)12-27-13-19-17(8-9-20-18(19)11-24-26-20)10-21(22(27)28)25-23(29)30-14-16-6-4-3-5-7-16/h3-9,11,15,21H,10,12-14H2,1-2H3,(H,24,26)(H,25,29). The van der Waals surface area contributed by atoms with Gasteiger partial charge in [0.05, 0.1) is 11.7 Å².